The predicted octanol–water partition coefficient (Wildman–Crippen LogP) is 2.49. The van der Waals surface area contributed by atoms with E-state index < -0.39 is 6.23 Å². The first-order chi connectivity index (χ1) is 8.81. The summed E-state index contributed by atoms with van der Waals surface area (Å²) >= 11 is 1.59. The molecule has 1 unspecified atom stereocenters. The normalized spacial score (nSPS) is 17.4. The average Bonchev–Trinajstić information content (AvgIpc) is 2.99. The molecule has 3 rings (SSSR count). The largest absolute Gasteiger partial charge is 0.473 e. The van der Waals surface area contributed by atoms with Crippen LogP contribution in [-0.2, 0) is 4.74 Å². The van der Waals surface area contributed by atoms with E-state index in [0.29, 0.717) is 12.5 Å². The molecule has 5 heteroatoms. The van der Waals surface area contributed by atoms with Crippen LogP contribution in [0.1, 0.15) is 17.5 Å². The average molecular weight is 260 g/mol. The molecule has 0 saturated carbocycles. The van der Waals surface area contributed by atoms with Crippen LogP contribution in [0.15, 0.2) is 47.4 Å². The number of rotatable bonds is 2. The van der Waals surface area contributed by atoms with Gasteiger partial charge in [-0.3, -0.25) is 0 Å². The van der Waals surface area contributed by atoms with Gasteiger partial charge in [-0.25, -0.2) is 4.99 Å². The van der Waals surface area contributed by atoms with Gasteiger partial charge in [-0.1, -0.05) is 12.7 Å². The molecule has 2 aromatic heterocycles. The van der Waals surface area contributed by atoms with E-state index >= 15 is 0 Å². The lowest BCUT2D eigenvalue weighted by Gasteiger charge is -2.06. The molecule has 0 aliphatic carbocycles. The van der Waals surface area contributed by atoms with Crippen LogP contribution >= 0.6 is 11.3 Å². The van der Waals surface area contributed by atoms with Crippen molar-refractivity contribution in [3.63, 3.8) is 0 Å². The second-order valence-corrected chi connectivity index (χ2v) is 4.74. The summed E-state index contributed by atoms with van der Waals surface area (Å²) in [5.41, 5.74) is 1.65. The summed E-state index contributed by atoms with van der Waals surface area (Å²) < 4.78 is 7.48. The molecule has 0 aromatic carbocycles. The van der Waals surface area contributed by atoms with Crippen LogP contribution in [0.25, 0.3) is 5.00 Å². The van der Waals surface area contributed by atoms with E-state index in [2.05, 4.69) is 11.6 Å². The number of aliphatic hydroxyl groups is 1. The van der Waals surface area contributed by atoms with Gasteiger partial charge in [0, 0.05) is 6.20 Å². The van der Waals surface area contributed by atoms with E-state index in [9.17, 15) is 5.11 Å². The van der Waals surface area contributed by atoms with Crippen molar-refractivity contribution < 1.29 is 9.84 Å². The van der Waals surface area contributed by atoms with Crippen LogP contribution in [0.3, 0.4) is 0 Å². The van der Waals surface area contributed by atoms with Crippen LogP contribution in [-0.4, -0.2) is 22.2 Å². The zero-order valence-corrected chi connectivity index (χ0v) is 10.4. The predicted molar refractivity (Wildman–Crippen MR) is 71.3 cm³/mol. The zero-order valence-electron chi connectivity index (χ0n) is 9.61. The molecule has 4 nitrogen and oxygen atoms in total. The number of hydrogen-bond donors (Lipinski definition) is 1. The highest BCUT2D eigenvalue weighted by atomic mass is 32.1. The zero-order chi connectivity index (χ0) is 12.5. The van der Waals surface area contributed by atoms with Gasteiger partial charge in [0.15, 0.2) is 6.23 Å². The van der Waals surface area contributed by atoms with Gasteiger partial charge in [0.05, 0.1) is 11.3 Å². The van der Waals surface area contributed by atoms with E-state index in [1.165, 1.54) is 0 Å². The highest BCUT2D eigenvalue weighted by molar-refractivity contribution is 7.13. The number of fused-ring (bicyclic) bond motifs is 3. The molecule has 1 aliphatic heterocycles. The number of hydrogen-bond acceptors (Lipinski definition) is 4. The quantitative estimate of drug-likeness (QED) is 0.843. The smallest absolute Gasteiger partial charge is 0.222 e. The molecule has 0 saturated heterocycles. The van der Waals surface area contributed by atoms with Gasteiger partial charge in [0.2, 0.25) is 5.90 Å². The van der Waals surface area contributed by atoms with Gasteiger partial charge < -0.3 is 14.4 Å². The van der Waals surface area contributed by atoms with Gasteiger partial charge in [0.1, 0.15) is 11.6 Å². The monoisotopic (exact) mass is 260 g/mol. The molecular formula is C13H12N2O2S. The summed E-state index contributed by atoms with van der Waals surface area (Å²) in [7, 11) is 0. The molecule has 1 atom stereocenters. The highest BCUT2D eigenvalue weighted by Crippen LogP contribution is 2.31. The maximum absolute atomic E-state index is 10.1. The molecule has 0 bridgehead atoms. The van der Waals surface area contributed by atoms with Gasteiger partial charge in [-0.05, 0) is 23.6 Å². The van der Waals surface area contributed by atoms with Gasteiger partial charge in [0.25, 0.3) is 0 Å². The number of ether oxygens (including phenoxy) is 1. The molecule has 0 amide bonds. The van der Waals surface area contributed by atoms with E-state index in [0.717, 1.165) is 16.3 Å². The van der Waals surface area contributed by atoms with Crippen LogP contribution in [0.4, 0.5) is 0 Å². The van der Waals surface area contributed by atoms with Crippen molar-refractivity contribution in [2.45, 2.75) is 6.23 Å². The van der Waals surface area contributed by atoms with Crippen molar-refractivity contribution in [3.8, 4) is 5.00 Å². The standard InChI is InChI=1S/C13H12N2O2S/c1-2-7-17-12-9-5-8-18-13(9)15-6-3-4-10(15)11(16)14-12/h2-6,8,11,16H,1,7H2. The first-order valence-electron chi connectivity index (χ1n) is 5.56. The summed E-state index contributed by atoms with van der Waals surface area (Å²) in [6.07, 6.45) is 2.67. The number of nitrogens with zero attached hydrogens (tertiary/aromatic N) is 2. The minimum absolute atomic E-state index is 0.371. The first-order valence-corrected chi connectivity index (χ1v) is 6.44. The summed E-state index contributed by atoms with van der Waals surface area (Å²) in [6, 6.07) is 5.70. The van der Waals surface area contributed by atoms with Crippen molar-refractivity contribution in [1.82, 2.24) is 4.57 Å². The number of thiophene rings is 1. The molecule has 0 fully saturated rings. The summed E-state index contributed by atoms with van der Waals surface area (Å²) in [6.45, 7) is 3.99. The first kappa shape index (κ1) is 11.3. The fraction of sp³-hybridized carbons (Fsp3) is 0.154. The van der Waals surface area contributed by atoms with Crippen LogP contribution < -0.4 is 0 Å². The Hall–Kier alpha value is -1.85. The topological polar surface area (TPSA) is 46.8 Å². The summed E-state index contributed by atoms with van der Waals surface area (Å²) in [5.74, 6) is 0.461. The van der Waals surface area contributed by atoms with Gasteiger partial charge in [-0.2, -0.15) is 0 Å². The Balaban J connectivity index is 2.13. The van der Waals surface area contributed by atoms with Crippen LogP contribution in [0.2, 0.25) is 0 Å². The third-order valence-corrected chi connectivity index (χ3v) is 3.63. The summed E-state index contributed by atoms with van der Waals surface area (Å²) in [4.78, 5) is 4.23. The van der Waals surface area contributed by atoms with Crippen molar-refractivity contribution in [2.75, 3.05) is 6.61 Å². The maximum atomic E-state index is 10.1. The van der Waals surface area contributed by atoms with Gasteiger partial charge >= 0.3 is 0 Å². The summed E-state index contributed by atoms with van der Waals surface area (Å²) in [5, 5.41) is 13.1. The third-order valence-electron chi connectivity index (χ3n) is 2.72. The minimum Gasteiger partial charge on any atom is -0.473 e. The highest BCUT2D eigenvalue weighted by Gasteiger charge is 2.23. The van der Waals surface area contributed by atoms with E-state index in [1.54, 1.807) is 17.4 Å². The maximum Gasteiger partial charge on any atom is 0.222 e. The Bertz CT molecular complexity index is 612. The van der Waals surface area contributed by atoms with Crippen molar-refractivity contribution in [3.05, 3.63) is 53.7 Å². The second kappa shape index (κ2) is 4.44. The molecule has 2 aromatic rings. The van der Waals surface area contributed by atoms with Crippen molar-refractivity contribution in [2.24, 2.45) is 4.99 Å². The molecule has 0 radical (unpaired) electrons. The Morgan fingerprint density at radius 3 is 3.28 bits per heavy atom. The Morgan fingerprint density at radius 1 is 1.56 bits per heavy atom. The van der Waals surface area contributed by atoms with E-state index in [-0.39, 0.29) is 0 Å². The molecule has 1 aliphatic rings. The third kappa shape index (κ3) is 1.68. The van der Waals surface area contributed by atoms with Crippen LogP contribution in [0.5, 0.6) is 0 Å². The van der Waals surface area contributed by atoms with Crippen molar-refractivity contribution in [1.29, 1.82) is 0 Å². The number of aromatic nitrogens is 1. The SMILES string of the molecule is C=CCOC1=NC(O)c2cccn2-c2sccc21. The Labute approximate surface area is 108 Å². The molecule has 0 spiro atoms. The van der Waals surface area contributed by atoms with Crippen LogP contribution in [0, 0.1) is 0 Å². The van der Waals surface area contributed by atoms with E-state index in [1.807, 2.05) is 34.3 Å². The molecule has 1 N–H and O–H groups in total. The minimum atomic E-state index is -0.903. The van der Waals surface area contributed by atoms with Crippen molar-refractivity contribution >= 4 is 17.2 Å². The molecule has 3 heterocycles. The molecular weight excluding hydrogens is 248 g/mol. The van der Waals surface area contributed by atoms with Gasteiger partial charge in [-0.15, -0.1) is 11.3 Å². The second-order valence-electron chi connectivity index (χ2n) is 3.85. The van der Waals surface area contributed by atoms with E-state index in [4.69, 9.17) is 4.74 Å². The fourth-order valence-electron chi connectivity index (χ4n) is 1.94. The Morgan fingerprint density at radius 2 is 2.44 bits per heavy atom. The molecule has 18 heavy (non-hydrogen) atoms. The lowest BCUT2D eigenvalue weighted by molar-refractivity contribution is 0.178. The fourth-order valence-corrected chi connectivity index (χ4v) is 2.83. The number of aliphatic hydroxyl groups excluding tert-OH is 1. The Kier molecular flexibility index (Phi) is 2.77. The lowest BCUT2D eigenvalue weighted by atomic mass is 10.3. The lowest BCUT2D eigenvalue weighted by Crippen LogP contribution is -2.07. The molecule has 92 valence electrons. The number of aliphatic imine (C=N–C) groups is 1.